The zero-order valence-electron chi connectivity index (χ0n) is 9.40. The van der Waals surface area contributed by atoms with Gasteiger partial charge in [-0.3, -0.25) is 4.79 Å². The predicted molar refractivity (Wildman–Crippen MR) is 67.8 cm³/mol. The van der Waals surface area contributed by atoms with Crippen LogP contribution in [0.4, 0.5) is 11.5 Å². The molecule has 0 radical (unpaired) electrons. The first kappa shape index (κ1) is 12.0. The zero-order chi connectivity index (χ0) is 12.4. The lowest BCUT2D eigenvalue weighted by atomic mass is 10.0. The zero-order valence-corrected chi connectivity index (χ0v) is 10.2. The summed E-state index contributed by atoms with van der Waals surface area (Å²) in [6.45, 7) is 0.750. The summed E-state index contributed by atoms with van der Waals surface area (Å²) < 4.78 is 0. The number of hydrogen-bond donors (Lipinski definition) is 2. The van der Waals surface area contributed by atoms with Gasteiger partial charge < -0.3 is 16.4 Å². The molecule has 2 heterocycles. The van der Waals surface area contributed by atoms with Crippen LogP contribution in [0.3, 0.4) is 0 Å². The van der Waals surface area contributed by atoms with Crippen LogP contribution >= 0.6 is 11.6 Å². The number of nitrogens with zero attached hydrogens (tertiary/aromatic N) is 2. The van der Waals surface area contributed by atoms with E-state index in [9.17, 15) is 4.79 Å². The lowest BCUT2D eigenvalue weighted by molar-refractivity contribution is -0.119. The number of pyridine rings is 1. The van der Waals surface area contributed by atoms with Crippen molar-refractivity contribution in [3.05, 3.63) is 17.3 Å². The van der Waals surface area contributed by atoms with Crippen molar-refractivity contribution in [2.24, 2.45) is 5.73 Å². The molecule has 1 aliphatic heterocycles. The van der Waals surface area contributed by atoms with Crippen molar-refractivity contribution >= 4 is 29.0 Å². The van der Waals surface area contributed by atoms with E-state index >= 15 is 0 Å². The second-order valence-corrected chi connectivity index (χ2v) is 4.58. The molecule has 1 aliphatic rings. The third-order valence-electron chi connectivity index (χ3n) is 2.93. The molecule has 2 rings (SSSR count). The van der Waals surface area contributed by atoms with Gasteiger partial charge in [0.05, 0.1) is 0 Å². The van der Waals surface area contributed by atoms with Crippen LogP contribution in [-0.2, 0) is 4.79 Å². The molecule has 1 atom stereocenters. The molecule has 1 unspecified atom stereocenters. The van der Waals surface area contributed by atoms with E-state index < -0.39 is 0 Å². The van der Waals surface area contributed by atoms with Gasteiger partial charge in [-0.05, 0) is 25.3 Å². The number of halogens is 1. The number of nitrogens with two attached hydrogens (primary N) is 2. The number of rotatable bonds is 2. The van der Waals surface area contributed by atoms with E-state index in [0.29, 0.717) is 16.7 Å². The molecule has 5 nitrogen and oxygen atoms in total. The van der Waals surface area contributed by atoms with Crippen molar-refractivity contribution in [3.8, 4) is 0 Å². The fourth-order valence-corrected chi connectivity index (χ4v) is 2.36. The van der Waals surface area contributed by atoms with Crippen LogP contribution in [0, 0.1) is 0 Å². The van der Waals surface area contributed by atoms with E-state index in [-0.39, 0.29) is 11.9 Å². The summed E-state index contributed by atoms with van der Waals surface area (Å²) in [7, 11) is 0. The molecule has 0 aliphatic carbocycles. The Bertz CT molecular complexity index is 417. The van der Waals surface area contributed by atoms with Crippen LogP contribution in [0.15, 0.2) is 12.1 Å². The van der Waals surface area contributed by atoms with Crippen LogP contribution in [0.2, 0.25) is 5.15 Å². The number of carbonyl (C=O) groups is 1. The molecular formula is C11H15ClN4O. The first-order valence-corrected chi connectivity index (χ1v) is 5.95. The van der Waals surface area contributed by atoms with Crippen LogP contribution in [0.1, 0.15) is 19.3 Å². The van der Waals surface area contributed by atoms with Gasteiger partial charge in [0.1, 0.15) is 17.0 Å². The molecule has 0 saturated carbocycles. The number of carbonyl (C=O) groups excluding carboxylic acids is 1. The third-order valence-corrected chi connectivity index (χ3v) is 3.12. The first-order valence-electron chi connectivity index (χ1n) is 5.57. The van der Waals surface area contributed by atoms with Crippen molar-refractivity contribution < 1.29 is 4.79 Å². The predicted octanol–water partition coefficient (Wildman–Crippen LogP) is 1.16. The van der Waals surface area contributed by atoms with E-state index in [1.165, 1.54) is 0 Å². The Kier molecular flexibility index (Phi) is 3.38. The number of primary amides is 1. The minimum atomic E-state index is -0.329. The molecule has 92 valence electrons. The topological polar surface area (TPSA) is 85.2 Å². The highest BCUT2D eigenvalue weighted by atomic mass is 35.5. The normalized spacial score (nSPS) is 20.3. The maximum atomic E-state index is 11.4. The molecular weight excluding hydrogens is 240 g/mol. The smallest absolute Gasteiger partial charge is 0.240 e. The molecule has 17 heavy (non-hydrogen) atoms. The van der Waals surface area contributed by atoms with Crippen LogP contribution in [0.25, 0.3) is 0 Å². The SMILES string of the molecule is NC(=O)C1CCCCN1c1cc(N)cc(Cl)n1. The highest BCUT2D eigenvalue weighted by Gasteiger charge is 2.28. The highest BCUT2D eigenvalue weighted by molar-refractivity contribution is 6.29. The van der Waals surface area contributed by atoms with E-state index in [1.54, 1.807) is 12.1 Å². The van der Waals surface area contributed by atoms with Crippen LogP contribution in [-0.4, -0.2) is 23.5 Å². The van der Waals surface area contributed by atoms with Crippen molar-refractivity contribution in [3.63, 3.8) is 0 Å². The van der Waals surface area contributed by atoms with Crippen molar-refractivity contribution in [1.82, 2.24) is 4.98 Å². The molecule has 1 fully saturated rings. The lowest BCUT2D eigenvalue weighted by Gasteiger charge is -2.34. The third kappa shape index (κ3) is 2.61. The fraction of sp³-hybridized carbons (Fsp3) is 0.455. The number of hydrogen-bond acceptors (Lipinski definition) is 4. The summed E-state index contributed by atoms with van der Waals surface area (Å²) in [6.07, 6.45) is 2.77. The Labute approximate surface area is 105 Å². The van der Waals surface area contributed by atoms with E-state index in [0.717, 1.165) is 25.8 Å². The Hall–Kier alpha value is -1.49. The summed E-state index contributed by atoms with van der Waals surface area (Å²) in [6, 6.07) is 2.98. The molecule has 4 N–H and O–H groups in total. The van der Waals surface area contributed by atoms with Crippen molar-refractivity contribution in [2.45, 2.75) is 25.3 Å². The van der Waals surface area contributed by atoms with E-state index in [2.05, 4.69) is 4.98 Å². The van der Waals surface area contributed by atoms with E-state index in [1.807, 2.05) is 4.90 Å². The molecule has 0 bridgehead atoms. The second kappa shape index (κ2) is 4.79. The van der Waals surface area contributed by atoms with Crippen LogP contribution < -0.4 is 16.4 Å². The Morgan fingerprint density at radius 1 is 1.47 bits per heavy atom. The second-order valence-electron chi connectivity index (χ2n) is 4.19. The minimum Gasteiger partial charge on any atom is -0.399 e. The lowest BCUT2D eigenvalue weighted by Crippen LogP contribution is -2.48. The van der Waals surface area contributed by atoms with Gasteiger partial charge in [-0.15, -0.1) is 0 Å². The van der Waals surface area contributed by atoms with Gasteiger partial charge in [0.25, 0.3) is 0 Å². The highest BCUT2D eigenvalue weighted by Crippen LogP contribution is 2.26. The molecule has 1 saturated heterocycles. The van der Waals surface area contributed by atoms with Crippen molar-refractivity contribution in [2.75, 3.05) is 17.2 Å². The monoisotopic (exact) mass is 254 g/mol. The standard InChI is InChI=1S/C11H15ClN4O/c12-9-5-7(13)6-10(15-9)16-4-2-1-3-8(16)11(14)17/h5-6,8H,1-4H2,(H2,13,15)(H2,14,17). The minimum absolute atomic E-state index is 0.311. The number of aromatic nitrogens is 1. The summed E-state index contributed by atoms with van der Waals surface area (Å²) in [4.78, 5) is 17.5. The largest absolute Gasteiger partial charge is 0.399 e. The maximum absolute atomic E-state index is 11.4. The van der Waals surface area contributed by atoms with Gasteiger partial charge in [-0.25, -0.2) is 4.98 Å². The maximum Gasteiger partial charge on any atom is 0.240 e. The van der Waals surface area contributed by atoms with Gasteiger partial charge >= 0.3 is 0 Å². The summed E-state index contributed by atoms with van der Waals surface area (Å²) in [5.41, 5.74) is 11.7. The first-order chi connectivity index (χ1) is 8.08. The van der Waals surface area contributed by atoms with Gasteiger partial charge in [0.15, 0.2) is 0 Å². The van der Waals surface area contributed by atoms with Gasteiger partial charge in [-0.2, -0.15) is 0 Å². The summed E-state index contributed by atoms with van der Waals surface area (Å²) in [5.74, 6) is 0.295. The molecule has 6 heteroatoms. The number of piperidine rings is 1. The fourth-order valence-electron chi connectivity index (χ4n) is 2.15. The summed E-state index contributed by atoms with van der Waals surface area (Å²) in [5, 5.41) is 0.328. The molecule has 0 aromatic carbocycles. The Balaban J connectivity index is 2.32. The molecule has 1 aromatic rings. The summed E-state index contributed by atoms with van der Waals surface area (Å²) >= 11 is 5.86. The number of nitrogen functional groups attached to an aromatic ring is 1. The number of anilines is 2. The average molecular weight is 255 g/mol. The molecule has 1 amide bonds. The van der Waals surface area contributed by atoms with Crippen LogP contribution in [0.5, 0.6) is 0 Å². The van der Waals surface area contributed by atoms with E-state index in [4.69, 9.17) is 23.1 Å². The average Bonchev–Trinajstić information content (AvgIpc) is 2.27. The van der Waals surface area contributed by atoms with Crippen molar-refractivity contribution in [1.29, 1.82) is 0 Å². The van der Waals surface area contributed by atoms with Gasteiger partial charge in [0, 0.05) is 18.3 Å². The number of amides is 1. The van der Waals surface area contributed by atoms with Gasteiger partial charge in [0.2, 0.25) is 5.91 Å². The van der Waals surface area contributed by atoms with Gasteiger partial charge in [-0.1, -0.05) is 11.6 Å². The Morgan fingerprint density at radius 3 is 2.88 bits per heavy atom. The Morgan fingerprint density at radius 2 is 2.24 bits per heavy atom. The quantitative estimate of drug-likeness (QED) is 0.776. The molecule has 1 aromatic heterocycles. The molecule has 0 spiro atoms.